The van der Waals surface area contributed by atoms with E-state index in [9.17, 15) is 4.79 Å². The van der Waals surface area contributed by atoms with Gasteiger partial charge in [-0.05, 0) is 37.9 Å². The second-order valence-corrected chi connectivity index (χ2v) is 5.75. The van der Waals surface area contributed by atoms with E-state index < -0.39 is 0 Å². The van der Waals surface area contributed by atoms with Crippen molar-refractivity contribution in [2.45, 2.75) is 33.6 Å². The molecule has 0 bridgehead atoms. The van der Waals surface area contributed by atoms with E-state index in [1.807, 2.05) is 20.8 Å². The zero-order chi connectivity index (χ0) is 16.4. The minimum absolute atomic E-state index is 0.0269. The van der Waals surface area contributed by atoms with Crippen molar-refractivity contribution in [3.05, 3.63) is 28.2 Å². The van der Waals surface area contributed by atoms with Gasteiger partial charge in [0.05, 0.1) is 11.3 Å². The van der Waals surface area contributed by atoms with E-state index >= 15 is 0 Å². The van der Waals surface area contributed by atoms with Crippen molar-refractivity contribution in [3.8, 4) is 11.5 Å². The number of carbonyl (C=O) groups is 1. The number of amides is 1. The van der Waals surface area contributed by atoms with Gasteiger partial charge in [-0.15, -0.1) is 10.2 Å². The second-order valence-electron chi connectivity index (χ2n) is 4.99. The van der Waals surface area contributed by atoms with E-state index in [2.05, 4.69) is 25.1 Å². The molecular formula is C14H15N5O3S. The summed E-state index contributed by atoms with van der Waals surface area (Å²) in [6, 6.07) is 1.83. The van der Waals surface area contributed by atoms with E-state index in [1.165, 1.54) is 0 Å². The van der Waals surface area contributed by atoms with Gasteiger partial charge in [0.25, 0.3) is 11.8 Å². The highest BCUT2D eigenvalue weighted by Crippen LogP contribution is 2.26. The number of hydrogen-bond donors (Lipinski definition) is 1. The Labute approximate surface area is 136 Å². The Balaban J connectivity index is 1.77. The molecule has 0 radical (unpaired) electrons. The molecule has 8 nitrogen and oxygen atoms in total. The van der Waals surface area contributed by atoms with Gasteiger partial charge in [-0.3, -0.25) is 10.1 Å². The van der Waals surface area contributed by atoms with E-state index in [-0.39, 0.29) is 11.9 Å². The second kappa shape index (κ2) is 6.29. The van der Waals surface area contributed by atoms with Crippen LogP contribution < -0.4 is 5.32 Å². The van der Waals surface area contributed by atoms with Crippen molar-refractivity contribution in [2.75, 3.05) is 5.32 Å². The number of rotatable bonds is 5. The Morgan fingerprint density at radius 1 is 1.26 bits per heavy atom. The number of carbonyl (C=O) groups excluding carboxylic acids is 1. The summed E-state index contributed by atoms with van der Waals surface area (Å²) in [6.07, 6.45) is 1.58. The van der Waals surface area contributed by atoms with Crippen LogP contribution in [0.3, 0.4) is 0 Å². The molecule has 9 heteroatoms. The van der Waals surface area contributed by atoms with E-state index in [0.29, 0.717) is 34.2 Å². The number of anilines is 1. The Hall–Kier alpha value is -2.55. The predicted molar refractivity (Wildman–Crippen MR) is 83.3 cm³/mol. The Bertz CT molecular complexity index is 835. The fourth-order valence-electron chi connectivity index (χ4n) is 2.16. The van der Waals surface area contributed by atoms with Crippen LogP contribution in [0.15, 0.2) is 14.9 Å². The number of aryl methyl sites for hydroxylation is 3. The number of hydrogen-bond acceptors (Lipinski definition) is 8. The van der Waals surface area contributed by atoms with Crippen LogP contribution >= 0.6 is 11.5 Å². The van der Waals surface area contributed by atoms with Crippen LogP contribution in [0.4, 0.5) is 6.01 Å². The van der Waals surface area contributed by atoms with Gasteiger partial charge in [-0.25, -0.2) is 0 Å². The molecule has 0 fully saturated rings. The predicted octanol–water partition coefficient (Wildman–Crippen LogP) is 3.00. The highest BCUT2D eigenvalue weighted by Gasteiger charge is 2.20. The first-order chi connectivity index (χ1) is 11.1. The number of nitrogens with one attached hydrogen (secondary N) is 1. The molecule has 0 aliphatic heterocycles. The van der Waals surface area contributed by atoms with Gasteiger partial charge in [0.2, 0.25) is 0 Å². The summed E-state index contributed by atoms with van der Waals surface area (Å²) in [5, 5.41) is 14.3. The van der Waals surface area contributed by atoms with Gasteiger partial charge >= 0.3 is 6.01 Å². The number of nitrogens with zero attached hydrogens (tertiary/aromatic N) is 4. The largest absolute Gasteiger partial charge is 0.466 e. The summed E-state index contributed by atoms with van der Waals surface area (Å²) in [6.45, 7) is 5.66. The third kappa shape index (κ3) is 3.14. The molecule has 0 atom stereocenters. The lowest BCUT2D eigenvalue weighted by atomic mass is 10.2. The Morgan fingerprint density at radius 2 is 2.09 bits per heavy atom. The molecule has 0 spiro atoms. The van der Waals surface area contributed by atoms with Crippen LogP contribution in [0.25, 0.3) is 11.5 Å². The maximum atomic E-state index is 12.3. The van der Waals surface area contributed by atoms with Gasteiger partial charge in [-0.1, -0.05) is 22.9 Å². The summed E-state index contributed by atoms with van der Waals surface area (Å²) in [4.78, 5) is 12.7. The lowest BCUT2D eigenvalue weighted by Gasteiger charge is -1.98. The average molecular weight is 333 g/mol. The fraction of sp³-hybridized carbons (Fsp3) is 0.357. The molecule has 3 aromatic heterocycles. The first-order valence-electron chi connectivity index (χ1n) is 7.12. The molecule has 1 N–H and O–H groups in total. The standard InChI is InChI=1S/C14H15N5O3S/c1-4-5-10-11(23-19-16-10)12(20)15-14-18-17-13(22-14)9-6-7(2)21-8(9)3/h6H,4-5H2,1-3H3,(H,15,18,20). The van der Waals surface area contributed by atoms with Crippen LogP contribution in [0.1, 0.15) is 40.2 Å². The van der Waals surface area contributed by atoms with Crippen LogP contribution in [-0.4, -0.2) is 25.7 Å². The molecule has 0 unspecified atom stereocenters. The third-order valence-electron chi connectivity index (χ3n) is 3.17. The lowest BCUT2D eigenvalue weighted by Crippen LogP contribution is -2.12. The maximum absolute atomic E-state index is 12.3. The van der Waals surface area contributed by atoms with Crippen LogP contribution in [-0.2, 0) is 6.42 Å². The van der Waals surface area contributed by atoms with Crippen molar-refractivity contribution in [3.63, 3.8) is 0 Å². The molecule has 0 saturated heterocycles. The number of aromatic nitrogens is 4. The summed E-state index contributed by atoms with van der Waals surface area (Å²) in [5.74, 6) is 1.38. The van der Waals surface area contributed by atoms with Crippen LogP contribution in [0, 0.1) is 13.8 Å². The molecule has 0 saturated carbocycles. The van der Waals surface area contributed by atoms with E-state index in [1.54, 1.807) is 6.07 Å². The quantitative estimate of drug-likeness (QED) is 0.764. The number of furan rings is 1. The fourth-order valence-corrected chi connectivity index (χ4v) is 2.76. The minimum atomic E-state index is -0.348. The monoisotopic (exact) mass is 333 g/mol. The minimum Gasteiger partial charge on any atom is -0.466 e. The summed E-state index contributed by atoms with van der Waals surface area (Å²) in [7, 11) is 0. The first kappa shape index (κ1) is 15.3. The molecule has 23 heavy (non-hydrogen) atoms. The third-order valence-corrected chi connectivity index (χ3v) is 3.93. The lowest BCUT2D eigenvalue weighted by molar-refractivity contribution is 0.102. The first-order valence-corrected chi connectivity index (χ1v) is 7.89. The molecule has 120 valence electrons. The summed E-state index contributed by atoms with van der Waals surface area (Å²) < 4.78 is 14.7. The molecule has 3 aromatic rings. The van der Waals surface area contributed by atoms with Crippen LogP contribution in [0.5, 0.6) is 0 Å². The summed E-state index contributed by atoms with van der Waals surface area (Å²) in [5.41, 5.74) is 1.39. The van der Waals surface area contributed by atoms with Crippen molar-refractivity contribution < 1.29 is 13.6 Å². The Kier molecular flexibility index (Phi) is 4.20. The average Bonchev–Trinajstić information content (AvgIpc) is 3.20. The van der Waals surface area contributed by atoms with Gasteiger partial charge in [0.15, 0.2) is 0 Å². The van der Waals surface area contributed by atoms with E-state index in [4.69, 9.17) is 8.83 Å². The maximum Gasteiger partial charge on any atom is 0.322 e. The van der Waals surface area contributed by atoms with Crippen LogP contribution in [0.2, 0.25) is 0 Å². The SMILES string of the molecule is CCCc1nnsc1C(=O)Nc1nnc(-c2cc(C)oc2C)o1. The zero-order valence-corrected chi connectivity index (χ0v) is 13.7. The van der Waals surface area contributed by atoms with E-state index in [0.717, 1.165) is 23.7 Å². The van der Waals surface area contributed by atoms with Gasteiger partial charge in [0.1, 0.15) is 16.4 Å². The highest BCUT2D eigenvalue weighted by atomic mass is 32.1. The van der Waals surface area contributed by atoms with Crippen molar-refractivity contribution >= 4 is 23.5 Å². The van der Waals surface area contributed by atoms with Gasteiger partial charge in [0, 0.05) is 0 Å². The molecular weight excluding hydrogens is 318 g/mol. The molecule has 1 amide bonds. The highest BCUT2D eigenvalue weighted by molar-refractivity contribution is 7.08. The molecule has 0 aromatic carbocycles. The molecule has 3 heterocycles. The van der Waals surface area contributed by atoms with Crippen molar-refractivity contribution in [1.82, 2.24) is 19.8 Å². The normalized spacial score (nSPS) is 10.9. The van der Waals surface area contributed by atoms with Crippen molar-refractivity contribution in [1.29, 1.82) is 0 Å². The Morgan fingerprint density at radius 3 is 2.78 bits per heavy atom. The zero-order valence-electron chi connectivity index (χ0n) is 12.9. The van der Waals surface area contributed by atoms with Crippen molar-refractivity contribution in [2.24, 2.45) is 0 Å². The molecule has 0 aliphatic rings. The molecule has 0 aliphatic carbocycles. The van der Waals surface area contributed by atoms with Gasteiger partial charge < -0.3 is 8.83 Å². The topological polar surface area (TPSA) is 107 Å². The summed E-state index contributed by atoms with van der Waals surface area (Å²) >= 11 is 1.05. The molecule has 3 rings (SSSR count). The smallest absolute Gasteiger partial charge is 0.322 e. The van der Waals surface area contributed by atoms with Gasteiger partial charge in [-0.2, -0.15) is 0 Å².